The van der Waals surface area contributed by atoms with Gasteiger partial charge in [0.25, 0.3) is 0 Å². The average Bonchev–Trinajstić information content (AvgIpc) is 3.50. The fourth-order valence-corrected chi connectivity index (χ4v) is 9.27. The molecule has 10 aromatic rings. The SMILES string of the molecule is CN(C)p1oc2ccc3ccccc3c2c2c(o1)c(COCc1cc3ccccc3c3c1o[pH]oc1ccc4ccccc4c13)cc1ccccc12. The van der Waals surface area contributed by atoms with E-state index in [-0.39, 0.29) is 8.67 Å². The second-order valence-corrected chi connectivity index (χ2v) is 15.5. The molecule has 2 aromatic heterocycles. The van der Waals surface area contributed by atoms with Crippen LogP contribution in [0.5, 0.6) is 0 Å². The van der Waals surface area contributed by atoms with Gasteiger partial charge in [-0.2, -0.15) is 0 Å². The lowest BCUT2D eigenvalue weighted by Gasteiger charge is -2.12. The summed E-state index contributed by atoms with van der Waals surface area (Å²) < 4.78 is 35.0. The molecule has 52 heavy (non-hydrogen) atoms. The van der Waals surface area contributed by atoms with Crippen molar-refractivity contribution >= 4 is 104 Å². The number of nitrogens with zero attached hydrogens (tertiary/aromatic N) is 1. The van der Waals surface area contributed by atoms with Gasteiger partial charge < -0.3 is 21.5 Å². The minimum Gasteiger partial charge on any atom is -0.421 e. The van der Waals surface area contributed by atoms with Crippen LogP contribution in [0.4, 0.5) is 0 Å². The summed E-state index contributed by atoms with van der Waals surface area (Å²) in [5.41, 5.74) is 5.15. The molecule has 10 rings (SSSR count). The number of fused-ring (bicyclic) bond motifs is 14. The van der Waals surface area contributed by atoms with Gasteiger partial charge in [-0.15, -0.1) is 0 Å². The van der Waals surface area contributed by atoms with Crippen molar-refractivity contribution < 1.29 is 21.5 Å². The van der Waals surface area contributed by atoms with Crippen molar-refractivity contribution in [2.24, 2.45) is 0 Å². The first-order valence-electron chi connectivity index (χ1n) is 17.3. The van der Waals surface area contributed by atoms with E-state index in [1.54, 1.807) is 0 Å². The lowest BCUT2D eigenvalue weighted by atomic mass is 9.96. The largest absolute Gasteiger partial charge is 0.421 e. The normalized spacial score (nSPS) is 12.6. The third-order valence-corrected chi connectivity index (χ3v) is 11.9. The zero-order valence-corrected chi connectivity index (χ0v) is 30.4. The Morgan fingerprint density at radius 3 is 1.58 bits per heavy atom. The summed E-state index contributed by atoms with van der Waals surface area (Å²) in [6, 6.07) is 46.6. The molecule has 0 aliphatic rings. The van der Waals surface area contributed by atoms with Crippen LogP contribution in [-0.2, 0) is 18.0 Å². The minimum atomic E-state index is -1.44. The molecule has 0 radical (unpaired) electrons. The maximum Gasteiger partial charge on any atom is 0.309 e. The average molecular weight is 718 g/mol. The standard InChI is InChI=1S/C44H33NO5P2/c1-45(2)52-49-38-22-20-28-12-4-8-16-34(28)40(38)42-36-18-10-6-14-30(36)24-32(44(42)50-52)26-46-25-31-23-29-13-5-9-17-35(29)41-39-33-15-7-3-11-27(33)19-21-37(39)47-51-48-43(31)41/h3-24,51H,25-26H2,1-2H3. The van der Waals surface area contributed by atoms with Crippen LogP contribution in [0.3, 0.4) is 0 Å². The molecule has 0 bridgehead atoms. The van der Waals surface area contributed by atoms with Crippen LogP contribution >= 0.6 is 16.8 Å². The number of hydrogen-bond acceptors (Lipinski definition) is 6. The summed E-state index contributed by atoms with van der Waals surface area (Å²) in [7, 11) is 2.36. The zero-order chi connectivity index (χ0) is 34.8. The molecular formula is C44H33NO5P2. The fraction of sp³-hybridized carbons (Fsp3) is 0.0909. The van der Waals surface area contributed by atoms with Crippen LogP contribution in [0.25, 0.3) is 87.0 Å². The van der Waals surface area contributed by atoms with Crippen molar-refractivity contribution in [3.8, 4) is 0 Å². The molecule has 2 unspecified atom stereocenters. The summed E-state index contributed by atoms with van der Waals surface area (Å²) in [6.45, 7) is 0.654. The molecule has 0 N–H and O–H groups in total. The molecule has 2 atom stereocenters. The molecule has 0 aliphatic heterocycles. The molecule has 6 nitrogen and oxygen atoms in total. The van der Waals surface area contributed by atoms with E-state index in [1.165, 1.54) is 0 Å². The second kappa shape index (κ2) is 12.6. The van der Waals surface area contributed by atoms with Crippen LogP contribution in [0, 0.1) is 0 Å². The third kappa shape index (κ3) is 5.10. The number of rotatable bonds is 5. The van der Waals surface area contributed by atoms with E-state index in [2.05, 4.69) is 133 Å². The molecule has 2 heterocycles. The van der Waals surface area contributed by atoms with Gasteiger partial charge >= 0.3 is 8.16 Å². The lowest BCUT2D eigenvalue weighted by molar-refractivity contribution is 0.108. The molecule has 0 saturated carbocycles. The van der Waals surface area contributed by atoms with Crippen molar-refractivity contribution in [3.05, 3.63) is 145 Å². The van der Waals surface area contributed by atoms with Gasteiger partial charge in [0.05, 0.1) is 13.2 Å². The van der Waals surface area contributed by atoms with E-state index in [0.29, 0.717) is 13.2 Å². The molecule has 0 spiro atoms. The molecule has 8 aromatic carbocycles. The predicted molar refractivity (Wildman–Crippen MR) is 218 cm³/mol. The van der Waals surface area contributed by atoms with Crippen LogP contribution in [0.2, 0.25) is 0 Å². The minimum absolute atomic E-state index is 0.186. The Hall–Kier alpha value is -5.48. The molecule has 0 aliphatic carbocycles. The van der Waals surface area contributed by atoms with E-state index in [9.17, 15) is 0 Å². The Bertz CT molecular complexity index is 3110. The van der Waals surface area contributed by atoms with E-state index in [4.69, 9.17) is 21.5 Å². The molecular weight excluding hydrogens is 684 g/mol. The van der Waals surface area contributed by atoms with Crippen LogP contribution in [-0.4, -0.2) is 14.1 Å². The van der Waals surface area contributed by atoms with Gasteiger partial charge in [0.15, 0.2) is 0 Å². The van der Waals surface area contributed by atoms with Gasteiger partial charge in [-0.1, -0.05) is 109 Å². The Morgan fingerprint density at radius 1 is 0.500 bits per heavy atom. The van der Waals surface area contributed by atoms with Gasteiger partial charge in [-0.05, 0) is 67.4 Å². The highest BCUT2D eigenvalue weighted by molar-refractivity contribution is 7.38. The van der Waals surface area contributed by atoms with Gasteiger partial charge in [0, 0.05) is 46.8 Å². The Kier molecular flexibility index (Phi) is 7.60. The molecule has 0 saturated heterocycles. The summed E-state index contributed by atoms with van der Waals surface area (Å²) in [4.78, 5) is 0. The van der Waals surface area contributed by atoms with Gasteiger partial charge in [0.1, 0.15) is 22.3 Å². The van der Waals surface area contributed by atoms with Crippen molar-refractivity contribution in [1.82, 2.24) is 0 Å². The van der Waals surface area contributed by atoms with E-state index < -0.39 is 8.16 Å². The van der Waals surface area contributed by atoms with Crippen LogP contribution < -0.4 is 4.67 Å². The zero-order valence-electron chi connectivity index (χ0n) is 28.6. The van der Waals surface area contributed by atoms with Crippen molar-refractivity contribution in [2.75, 3.05) is 18.8 Å². The summed E-state index contributed by atoms with van der Waals surface area (Å²) >= 11 is 0. The topological polar surface area (TPSA) is 65.0 Å². The predicted octanol–water partition coefficient (Wildman–Crippen LogP) is 13.5. The monoisotopic (exact) mass is 717 g/mol. The summed E-state index contributed by atoms with van der Waals surface area (Å²) in [6.07, 6.45) is 0. The maximum absolute atomic E-state index is 6.88. The Labute approximate surface area is 301 Å². The quantitative estimate of drug-likeness (QED) is 0.177. The van der Waals surface area contributed by atoms with Gasteiger partial charge in [0.2, 0.25) is 8.67 Å². The maximum atomic E-state index is 6.88. The third-order valence-electron chi connectivity index (χ3n) is 9.92. The number of benzene rings is 8. The number of ether oxygens (including phenoxy) is 1. The highest BCUT2D eigenvalue weighted by atomic mass is 31.1. The lowest BCUT2D eigenvalue weighted by Crippen LogP contribution is -2.02. The molecule has 0 amide bonds. The van der Waals surface area contributed by atoms with Gasteiger partial charge in [-0.3, -0.25) is 0 Å². The Morgan fingerprint density at radius 2 is 0.981 bits per heavy atom. The van der Waals surface area contributed by atoms with Crippen LogP contribution in [0.1, 0.15) is 11.1 Å². The van der Waals surface area contributed by atoms with E-state index in [0.717, 1.165) is 98.1 Å². The highest BCUT2D eigenvalue weighted by Gasteiger charge is 2.19. The smallest absolute Gasteiger partial charge is 0.309 e. The summed E-state index contributed by atoms with van der Waals surface area (Å²) in [5.74, 6) is 0. The van der Waals surface area contributed by atoms with Crippen molar-refractivity contribution in [2.45, 2.75) is 13.2 Å². The Balaban J connectivity index is 1.18. The van der Waals surface area contributed by atoms with Crippen molar-refractivity contribution in [3.63, 3.8) is 0 Å². The molecule has 254 valence electrons. The fourth-order valence-electron chi connectivity index (χ4n) is 7.61. The van der Waals surface area contributed by atoms with E-state index in [1.807, 2.05) is 18.8 Å². The first-order chi connectivity index (χ1) is 25.6. The number of hydrogen-bond donors (Lipinski definition) is 0. The van der Waals surface area contributed by atoms with E-state index >= 15 is 0 Å². The van der Waals surface area contributed by atoms with Crippen LogP contribution in [0.15, 0.2) is 150 Å². The molecule has 8 heteroatoms. The van der Waals surface area contributed by atoms with Crippen molar-refractivity contribution in [1.29, 1.82) is 0 Å². The molecule has 0 fully saturated rings. The van der Waals surface area contributed by atoms with Gasteiger partial charge in [-0.25, -0.2) is 4.67 Å². The highest BCUT2D eigenvalue weighted by Crippen LogP contribution is 2.43. The first kappa shape index (κ1) is 31.3. The summed E-state index contributed by atoms with van der Waals surface area (Å²) in [5, 5.41) is 13.2. The second-order valence-electron chi connectivity index (χ2n) is 13.3. The first-order valence-corrected chi connectivity index (χ1v) is 19.2.